The topological polar surface area (TPSA) is 78.8 Å². The van der Waals surface area contributed by atoms with E-state index in [4.69, 9.17) is 0 Å². The van der Waals surface area contributed by atoms with E-state index in [2.05, 4.69) is 16.6 Å². The average molecular weight is 432 g/mol. The molecule has 1 N–H and O–H groups in total. The number of nitrogens with one attached hydrogen (secondary N) is 1. The maximum atomic E-state index is 12.8. The highest BCUT2D eigenvalue weighted by Crippen LogP contribution is 2.34. The lowest BCUT2D eigenvalue weighted by atomic mass is 9.88. The van der Waals surface area contributed by atoms with Gasteiger partial charge < -0.3 is 10.2 Å². The van der Waals surface area contributed by atoms with Gasteiger partial charge in [-0.3, -0.25) is 4.79 Å². The molecule has 2 heterocycles. The van der Waals surface area contributed by atoms with Gasteiger partial charge in [0.1, 0.15) is 10.7 Å². The molecule has 7 heteroatoms. The maximum Gasteiger partial charge on any atom is 0.285 e. The predicted molar refractivity (Wildman–Crippen MR) is 122 cm³/mol. The second-order valence-electron chi connectivity index (χ2n) is 8.87. The van der Waals surface area contributed by atoms with Gasteiger partial charge in [0.05, 0.1) is 0 Å². The number of piperidine rings is 1. The summed E-state index contributed by atoms with van der Waals surface area (Å²) in [5, 5.41) is 3.16. The third-order valence-corrected chi connectivity index (χ3v) is 7.86. The van der Waals surface area contributed by atoms with Crippen LogP contribution in [0.1, 0.15) is 65.0 Å². The Morgan fingerprint density at radius 1 is 1.17 bits per heavy atom. The molecule has 0 aromatic heterocycles. The number of hydrogen-bond donors (Lipinski definition) is 1. The van der Waals surface area contributed by atoms with Crippen molar-refractivity contribution in [2.24, 2.45) is 9.81 Å². The van der Waals surface area contributed by atoms with E-state index in [1.54, 1.807) is 0 Å². The SMILES string of the molecule is CCc1ccc(C2=C(C)C(N3CCC(NC(=O)C(C)(C)CC)CC3)=NS2(=O)=O)cc1. The van der Waals surface area contributed by atoms with Crippen LogP contribution in [-0.4, -0.2) is 44.2 Å². The van der Waals surface area contributed by atoms with Gasteiger partial charge in [0.25, 0.3) is 10.0 Å². The van der Waals surface area contributed by atoms with E-state index in [1.165, 1.54) is 5.56 Å². The Kier molecular flexibility index (Phi) is 6.41. The molecule has 1 amide bonds. The molecule has 0 unspecified atom stereocenters. The molecule has 2 aliphatic heterocycles. The van der Waals surface area contributed by atoms with E-state index in [0.29, 0.717) is 35.0 Å². The number of likely N-dealkylation sites (tertiary alicyclic amines) is 1. The van der Waals surface area contributed by atoms with E-state index in [-0.39, 0.29) is 17.4 Å². The minimum Gasteiger partial charge on any atom is -0.356 e. The van der Waals surface area contributed by atoms with E-state index in [9.17, 15) is 13.2 Å². The molecular weight excluding hydrogens is 398 g/mol. The van der Waals surface area contributed by atoms with Crippen molar-refractivity contribution < 1.29 is 13.2 Å². The molecular formula is C23H33N3O3S. The molecule has 1 aromatic carbocycles. The summed E-state index contributed by atoms with van der Waals surface area (Å²) in [4.78, 5) is 14.8. The number of hydrogen-bond acceptors (Lipinski definition) is 4. The van der Waals surface area contributed by atoms with Crippen LogP contribution in [0.4, 0.5) is 0 Å². The van der Waals surface area contributed by atoms with E-state index in [0.717, 1.165) is 25.7 Å². The minimum atomic E-state index is -3.71. The zero-order valence-electron chi connectivity index (χ0n) is 18.7. The fraction of sp³-hybridized carbons (Fsp3) is 0.565. The molecule has 0 spiro atoms. The van der Waals surface area contributed by atoms with Gasteiger partial charge in [-0.15, -0.1) is 4.40 Å². The monoisotopic (exact) mass is 431 g/mol. The first-order valence-electron chi connectivity index (χ1n) is 10.8. The quantitative estimate of drug-likeness (QED) is 0.770. The van der Waals surface area contributed by atoms with Gasteiger partial charge in [0.15, 0.2) is 0 Å². The first-order chi connectivity index (χ1) is 14.1. The summed E-state index contributed by atoms with van der Waals surface area (Å²) < 4.78 is 29.7. The predicted octanol–water partition coefficient (Wildman–Crippen LogP) is 3.74. The summed E-state index contributed by atoms with van der Waals surface area (Å²) >= 11 is 0. The molecule has 0 saturated carbocycles. The molecule has 0 bridgehead atoms. The number of aryl methyl sites for hydroxylation is 1. The fourth-order valence-corrected chi connectivity index (χ4v) is 5.34. The number of amides is 1. The summed E-state index contributed by atoms with van der Waals surface area (Å²) in [5.41, 5.74) is 2.19. The number of carbonyl (C=O) groups is 1. The van der Waals surface area contributed by atoms with E-state index in [1.807, 2.05) is 56.9 Å². The zero-order valence-corrected chi connectivity index (χ0v) is 19.5. The van der Waals surface area contributed by atoms with Gasteiger partial charge in [-0.05, 0) is 43.7 Å². The van der Waals surface area contributed by atoms with Crippen LogP contribution < -0.4 is 5.32 Å². The van der Waals surface area contributed by atoms with Crippen molar-refractivity contribution >= 4 is 26.7 Å². The highest BCUT2D eigenvalue weighted by molar-refractivity contribution is 8.00. The first kappa shape index (κ1) is 22.5. The van der Waals surface area contributed by atoms with Crippen LogP contribution in [0.2, 0.25) is 0 Å². The molecule has 0 atom stereocenters. The smallest absolute Gasteiger partial charge is 0.285 e. The molecule has 0 aliphatic carbocycles. The Bertz CT molecular complexity index is 967. The Hall–Kier alpha value is -2.15. The second-order valence-corrected chi connectivity index (χ2v) is 10.4. The number of nitrogens with zero attached hydrogens (tertiary/aromatic N) is 2. The third kappa shape index (κ3) is 4.46. The Labute approximate surface area is 180 Å². The van der Waals surface area contributed by atoms with Crippen molar-refractivity contribution in [3.63, 3.8) is 0 Å². The second kappa shape index (κ2) is 8.53. The van der Waals surface area contributed by atoms with Crippen LogP contribution in [0, 0.1) is 5.41 Å². The number of amidine groups is 1. The van der Waals surface area contributed by atoms with E-state index >= 15 is 0 Å². The largest absolute Gasteiger partial charge is 0.356 e. The van der Waals surface area contributed by atoms with Crippen LogP contribution in [0.3, 0.4) is 0 Å². The van der Waals surface area contributed by atoms with Gasteiger partial charge in [-0.2, -0.15) is 8.42 Å². The number of benzene rings is 1. The van der Waals surface area contributed by atoms with Crippen LogP contribution in [0.25, 0.3) is 4.91 Å². The molecule has 6 nitrogen and oxygen atoms in total. The normalized spacial score (nSPS) is 19.8. The summed E-state index contributed by atoms with van der Waals surface area (Å²) in [7, 11) is -3.71. The van der Waals surface area contributed by atoms with Gasteiger partial charge in [0.2, 0.25) is 5.91 Å². The third-order valence-electron chi connectivity index (χ3n) is 6.39. The van der Waals surface area contributed by atoms with E-state index < -0.39 is 10.0 Å². The highest BCUT2D eigenvalue weighted by Gasteiger charge is 2.35. The minimum absolute atomic E-state index is 0.0816. The Balaban J connectivity index is 1.73. The summed E-state index contributed by atoms with van der Waals surface area (Å²) in [5.74, 6) is 0.626. The molecule has 1 fully saturated rings. The number of rotatable bonds is 5. The van der Waals surface area contributed by atoms with Crippen LogP contribution in [-0.2, 0) is 21.2 Å². The van der Waals surface area contributed by atoms with Crippen LogP contribution >= 0.6 is 0 Å². The zero-order chi connectivity index (χ0) is 22.1. The van der Waals surface area contributed by atoms with Gasteiger partial charge in [-0.1, -0.05) is 52.0 Å². The lowest BCUT2D eigenvalue weighted by molar-refractivity contribution is -0.130. The Morgan fingerprint density at radius 3 is 2.30 bits per heavy atom. The standard InChI is InChI=1S/C23H33N3O3S/c1-6-17-8-10-18(11-9-17)20-16(3)21(25-30(20,28)29)26-14-12-19(13-15-26)24-22(27)23(4,5)7-2/h8-11,19H,6-7,12-15H2,1-5H3,(H,24,27). The van der Waals surface area contributed by atoms with Crippen molar-refractivity contribution in [2.45, 2.75) is 66.3 Å². The van der Waals surface area contributed by atoms with Crippen molar-refractivity contribution in [1.82, 2.24) is 10.2 Å². The number of sulfonamides is 1. The van der Waals surface area contributed by atoms with Crippen LogP contribution in [0.15, 0.2) is 34.2 Å². The maximum absolute atomic E-state index is 12.8. The van der Waals surface area contributed by atoms with Crippen molar-refractivity contribution in [3.8, 4) is 0 Å². The first-order valence-corrected chi connectivity index (χ1v) is 12.2. The van der Waals surface area contributed by atoms with Crippen molar-refractivity contribution in [3.05, 3.63) is 41.0 Å². The van der Waals surface area contributed by atoms with Gasteiger partial charge in [-0.25, -0.2) is 0 Å². The molecule has 2 aliphatic rings. The molecule has 3 rings (SSSR count). The van der Waals surface area contributed by atoms with Crippen molar-refractivity contribution in [2.75, 3.05) is 13.1 Å². The number of carbonyl (C=O) groups excluding carboxylic acids is 1. The molecule has 30 heavy (non-hydrogen) atoms. The molecule has 164 valence electrons. The fourth-order valence-electron chi connectivity index (χ4n) is 3.85. The van der Waals surface area contributed by atoms with Crippen molar-refractivity contribution in [1.29, 1.82) is 0 Å². The summed E-state index contributed by atoms with van der Waals surface area (Å²) in [6, 6.07) is 7.78. The molecule has 1 saturated heterocycles. The summed E-state index contributed by atoms with van der Waals surface area (Å²) in [6.45, 7) is 11.2. The lowest BCUT2D eigenvalue weighted by Crippen LogP contribution is -2.49. The van der Waals surface area contributed by atoms with Gasteiger partial charge in [0, 0.05) is 30.1 Å². The molecule has 1 aromatic rings. The molecule has 0 radical (unpaired) electrons. The average Bonchev–Trinajstić information content (AvgIpc) is 2.97. The Morgan fingerprint density at radius 2 is 1.77 bits per heavy atom. The summed E-state index contributed by atoms with van der Waals surface area (Å²) in [6.07, 6.45) is 3.25. The van der Waals surface area contributed by atoms with Gasteiger partial charge >= 0.3 is 0 Å². The lowest BCUT2D eigenvalue weighted by Gasteiger charge is -2.35. The van der Waals surface area contributed by atoms with Crippen LogP contribution in [0.5, 0.6) is 0 Å². The highest BCUT2D eigenvalue weighted by atomic mass is 32.2.